The summed E-state index contributed by atoms with van der Waals surface area (Å²) in [4.78, 5) is 0. The predicted molar refractivity (Wildman–Crippen MR) is 81.1 cm³/mol. The number of furan rings is 1. The van der Waals surface area contributed by atoms with Gasteiger partial charge in [-0.3, -0.25) is 0 Å². The quantitative estimate of drug-likeness (QED) is 0.898. The van der Waals surface area contributed by atoms with Crippen LogP contribution in [0.2, 0.25) is 5.02 Å². The van der Waals surface area contributed by atoms with Crippen LogP contribution in [-0.2, 0) is 4.74 Å². The first-order valence-electron chi connectivity index (χ1n) is 6.81. The maximum atomic E-state index is 10.6. The maximum absolute atomic E-state index is 10.6. The van der Waals surface area contributed by atoms with Crippen LogP contribution in [0.4, 0.5) is 0 Å². The lowest BCUT2D eigenvalue weighted by Gasteiger charge is -2.33. The van der Waals surface area contributed by atoms with Crippen molar-refractivity contribution in [3.8, 4) is 0 Å². The summed E-state index contributed by atoms with van der Waals surface area (Å²) in [6, 6.07) is 7.22. The van der Waals surface area contributed by atoms with Gasteiger partial charge in [0.2, 0.25) is 0 Å². The van der Waals surface area contributed by atoms with E-state index in [2.05, 4.69) is 0 Å². The normalized spacial score (nSPS) is 15.5. The fraction of sp³-hybridized carbons (Fsp3) is 0.500. The Morgan fingerprint density at radius 3 is 2.60 bits per heavy atom. The van der Waals surface area contributed by atoms with Crippen molar-refractivity contribution in [2.45, 2.75) is 39.9 Å². The highest BCUT2D eigenvalue weighted by Crippen LogP contribution is 2.35. The molecule has 1 aromatic heterocycles. The Kier molecular flexibility index (Phi) is 4.43. The first-order chi connectivity index (χ1) is 9.32. The van der Waals surface area contributed by atoms with E-state index >= 15 is 0 Å². The van der Waals surface area contributed by atoms with Crippen LogP contribution >= 0.6 is 11.6 Å². The number of fused-ring (bicyclic) bond motifs is 1. The van der Waals surface area contributed by atoms with E-state index in [4.69, 9.17) is 20.8 Å². The summed E-state index contributed by atoms with van der Waals surface area (Å²) in [6.45, 7) is 8.58. The first kappa shape index (κ1) is 15.4. The molecule has 1 N–H and O–H groups in total. The molecule has 2 atom stereocenters. The molecule has 0 bridgehead atoms. The molecular formula is C16H21ClO3. The van der Waals surface area contributed by atoms with Crippen molar-refractivity contribution in [3.05, 3.63) is 35.0 Å². The standard InChI is InChI=1S/C16H21ClO3/c1-5-19-15(16(2,3)4)14(18)13-9-10-8-11(17)6-7-12(10)20-13/h6-9,14-15,18H,5H2,1-4H3. The zero-order valence-electron chi connectivity index (χ0n) is 12.3. The maximum Gasteiger partial charge on any atom is 0.138 e. The Balaban J connectivity index is 2.35. The molecule has 0 fully saturated rings. The summed E-state index contributed by atoms with van der Waals surface area (Å²) in [5.41, 5.74) is 0.527. The summed E-state index contributed by atoms with van der Waals surface area (Å²) in [7, 11) is 0. The van der Waals surface area contributed by atoms with Gasteiger partial charge in [-0.25, -0.2) is 0 Å². The van der Waals surface area contributed by atoms with Gasteiger partial charge in [-0.15, -0.1) is 0 Å². The Labute approximate surface area is 124 Å². The van der Waals surface area contributed by atoms with Crippen molar-refractivity contribution < 1.29 is 14.3 Å². The second kappa shape index (κ2) is 5.76. The van der Waals surface area contributed by atoms with Gasteiger partial charge in [0.1, 0.15) is 17.4 Å². The van der Waals surface area contributed by atoms with Crippen molar-refractivity contribution in [3.63, 3.8) is 0 Å². The van der Waals surface area contributed by atoms with E-state index in [1.807, 2.05) is 39.8 Å². The zero-order chi connectivity index (χ0) is 14.9. The molecule has 1 heterocycles. The molecule has 0 amide bonds. The van der Waals surface area contributed by atoms with Gasteiger partial charge >= 0.3 is 0 Å². The molecule has 2 unspecified atom stereocenters. The molecule has 0 saturated heterocycles. The van der Waals surface area contributed by atoms with Gasteiger partial charge in [-0.2, -0.15) is 0 Å². The molecule has 1 aromatic carbocycles. The van der Waals surface area contributed by atoms with Crippen molar-refractivity contribution in [1.82, 2.24) is 0 Å². The fourth-order valence-corrected chi connectivity index (χ4v) is 2.50. The number of aliphatic hydroxyl groups is 1. The van der Waals surface area contributed by atoms with Gasteiger partial charge in [-0.05, 0) is 36.6 Å². The van der Waals surface area contributed by atoms with Crippen LogP contribution in [0.25, 0.3) is 11.0 Å². The fourth-order valence-electron chi connectivity index (χ4n) is 2.32. The number of aliphatic hydroxyl groups excluding tert-OH is 1. The molecule has 0 aliphatic carbocycles. The molecule has 0 aliphatic rings. The number of ether oxygens (including phenoxy) is 1. The Hall–Kier alpha value is -1.03. The molecule has 0 radical (unpaired) electrons. The molecule has 0 aliphatic heterocycles. The highest BCUT2D eigenvalue weighted by Gasteiger charge is 2.34. The highest BCUT2D eigenvalue weighted by atomic mass is 35.5. The topological polar surface area (TPSA) is 42.6 Å². The Morgan fingerprint density at radius 2 is 2.00 bits per heavy atom. The second-order valence-electron chi connectivity index (χ2n) is 6.02. The minimum Gasteiger partial charge on any atom is -0.458 e. The number of benzene rings is 1. The Bertz CT molecular complexity index is 583. The van der Waals surface area contributed by atoms with Crippen LogP contribution in [0.3, 0.4) is 0 Å². The third kappa shape index (κ3) is 3.17. The molecule has 4 heteroatoms. The van der Waals surface area contributed by atoms with Crippen LogP contribution < -0.4 is 0 Å². The van der Waals surface area contributed by atoms with Gasteiger partial charge in [0, 0.05) is 17.0 Å². The summed E-state index contributed by atoms with van der Waals surface area (Å²) in [5.74, 6) is 0.510. The number of halogens is 1. The highest BCUT2D eigenvalue weighted by molar-refractivity contribution is 6.31. The van der Waals surface area contributed by atoms with E-state index in [1.165, 1.54) is 0 Å². The van der Waals surface area contributed by atoms with Crippen molar-refractivity contribution in [1.29, 1.82) is 0 Å². The third-order valence-electron chi connectivity index (χ3n) is 3.28. The Morgan fingerprint density at radius 1 is 1.30 bits per heavy atom. The molecular weight excluding hydrogens is 276 g/mol. The summed E-state index contributed by atoms with van der Waals surface area (Å²) >= 11 is 5.96. The van der Waals surface area contributed by atoms with Crippen molar-refractivity contribution in [2.24, 2.45) is 5.41 Å². The molecule has 20 heavy (non-hydrogen) atoms. The van der Waals surface area contributed by atoms with E-state index in [9.17, 15) is 5.11 Å². The minimum absolute atomic E-state index is 0.188. The van der Waals surface area contributed by atoms with E-state index in [0.29, 0.717) is 23.0 Å². The smallest absolute Gasteiger partial charge is 0.138 e. The molecule has 3 nitrogen and oxygen atoms in total. The van der Waals surface area contributed by atoms with E-state index < -0.39 is 6.10 Å². The molecule has 110 valence electrons. The van der Waals surface area contributed by atoms with Crippen LogP contribution in [0.5, 0.6) is 0 Å². The SMILES string of the molecule is CCOC(C(O)c1cc2cc(Cl)ccc2o1)C(C)(C)C. The number of hydrogen-bond donors (Lipinski definition) is 1. The van der Waals surface area contributed by atoms with Crippen LogP contribution in [0.1, 0.15) is 39.6 Å². The van der Waals surface area contributed by atoms with E-state index in [-0.39, 0.29) is 11.5 Å². The number of hydrogen-bond acceptors (Lipinski definition) is 3. The van der Waals surface area contributed by atoms with E-state index in [1.54, 1.807) is 12.1 Å². The number of rotatable bonds is 4. The van der Waals surface area contributed by atoms with Gasteiger partial charge in [0.15, 0.2) is 0 Å². The lowest BCUT2D eigenvalue weighted by Crippen LogP contribution is -2.35. The van der Waals surface area contributed by atoms with Crippen LogP contribution in [0, 0.1) is 5.41 Å². The molecule has 2 rings (SSSR count). The second-order valence-corrected chi connectivity index (χ2v) is 6.45. The van der Waals surface area contributed by atoms with Crippen LogP contribution in [0.15, 0.2) is 28.7 Å². The summed E-state index contributed by atoms with van der Waals surface area (Å²) in [6.07, 6.45) is -1.13. The third-order valence-corrected chi connectivity index (χ3v) is 3.51. The lowest BCUT2D eigenvalue weighted by atomic mass is 9.85. The van der Waals surface area contributed by atoms with Crippen LogP contribution in [-0.4, -0.2) is 17.8 Å². The van der Waals surface area contributed by atoms with Gasteiger partial charge in [0.05, 0.1) is 6.10 Å². The molecule has 2 aromatic rings. The zero-order valence-corrected chi connectivity index (χ0v) is 13.1. The minimum atomic E-state index is -0.805. The monoisotopic (exact) mass is 296 g/mol. The van der Waals surface area contributed by atoms with E-state index in [0.717, 1.165) is 5.39 Å². The van der Waals surface area contributed by atoms with Crippen molar-refractivity contribution in [2.75, 3.05) is 6.61 Å². The van der Waals surface area contributed by atoms with Gasteiger partial charge in [0.25, 0.3) is 0 Å². The predicted octanol–water partition coefficient (Wildman–Crippen LogP) is 4.57. The van der Waals surface area contributed by atoms with Crippen molar-refractivity contribution >= 4 is 22.6 Å². The average Bonchev–Trinajstić information content (AvgIpc) is 2.76. The largest absolute Gasteiger partial charge is 0.458 e. The first-order valence-corrected chi connectivity index (χ1v) is 7.19. The van der Waals surface area contributed by atoms with Gasteiger partial charge < -0.3 is 14.3 Å². The van der Waals surface area contributed by atoms with Gasteiger partial charge in [-0.1, -0.05) is 32.4 Å². The lowest BCUT2D eigenvalue weighted by molar-refractivity contribution is -0.0959. The summed E-state index contributed by atoms with van der Waals surface area (Å²) < 4.78 is 11.4. The summed E-state index contributed by atoms with van der Waals surface area (Å²) in [5, 5.41) is 12.1. The molecule has 0 spiro atoms. The average molecular weight is 297 g/mol. The molecule has 0 saturated carbocycles.